The molecule has 1 aliphatic rings. The lowest BCUT2D eigenvalue weighted by Gasteiger charge is -2.14. The highest BCUT2D eigenvalue weighted by atomic mass is 15.3. The molecule has 5 heteroatoms. The number of nitrogens with one attached hydrogen (secondary N) is 1. The fourth-order valence-electron chi connectivity index (χ4n) is 2.95. The van der Waals surface area contributed by atoms with Crippen molar-refractivity contribution in [3.05, 3.63) is 35.9 Å². The average Bonchev–Trinajstić information content (AvgIpc) is 3.20. The highest BCUT2D eigenvalue weighted by molar-refractivity contribution is 5.04. The van der Waals surface area contributed by atoms with E-state index in [0.717, 1.165) is 25.3 Å². The van der Waals surface area contributed by atoms with Gasteiger partial charge in [0.25, 0.3) is 0 Å². The van der Waals surface area contributed by atoms with Gasteiger partial charge in [0.15, 0.2) is 0 Å². The summed E-state index contributed by atoms with van der Waals surface area (Å²) in [4.78, 5) is 0. The summed E-state index contributed by atoms with van der Waals surface area (Å²) in [6, 6.07) is 4.81. The number of rotatable bonds is 6. The summed E-state index contributed by atoms with van der Waals surface area (Å²) in [5.74, 6) is 0. The van der Waals surface area contributed by atoms with Crippen molar-refractivity contribution in [1.29, 1.82) is 0 Å². The van der Waals surface area contributed by atoms with E-state index in [9.17, 15) is 0 Å². The third-order valence-corrected chi connectivity index (χ3v) is 4.05. The molecule has 20 heavy (non-hydrogen) atoms. The van der Waals surface area contributed by atoms with Gasteiger partial charge in [0.2, 0.25) is 0 Å². The second-order valence-electron chi connectivity index (χ2n) is 5.47. The van der Waals surface area contributed by atoms with E-state index in [1.54, 1.807) is 0 Å². The monoisotopic (exact) mass is 273 g/mol. The van der Waals surface area contributed by atoms with E-state index in [2.05, 4.69) is 39.3 Å². The van der Waals surface area contributed by atoms with Crippen molar-refractivity contribution in [2.45, 2.75) is 58.3 Å². The Labute approximate surface area is 120 Å². The predicted molar refractivity (Wildman–Crippen MR) is 78.2 cm³/mol. The molecule has 108 valence electrons. The molecule has 2 aromatic heterocycles. The van der Waals surface area contributed by atoms with Crippen LogP contribution in [0.15, 0.2) is 24.5 Å². The summed E-state index contributed by atoms with van der Waals surface area (Å²) in [6.07, 6.45) is 9.17. The Balaban J connectivity index is 1.54. The van der Waals surface area contributed by atoms with Gasteiger partial charge < -0.3 is 5.32 Å². The van der Waals surface area contributed by atoms with Crippen LogP contribution in [-0.2, 0) is 19.6 Å². The first-order valence-electron chi connectivity index (χ1n) is 7.62. The molecule has 1 saturated carbocycles. The number of hydrogen-bond acceptors (Lipinski definition) is 3. The van der Waals surface area contributed by atoms with Gasteiger partial charge in [-0.3, -0.25) is 9.36 Å². The molecule has 2 aromatic rings. The lowest BCUT2D eigenvalue weighted by molar-refractivity contribution is 0.441. The fraction of sp³-hybridized carbons (Fsp3) is 0.600. The van der Waals surface area contributed by atoms with E-state index in [1.807, 2.05) is 17.1 Å². The summed E-state index contributed by atoms with van der Waals surface area (Å²) in [7, 11) is 0. The zero-order valence-corrected chi connectivity index (χ0v) is 12.1. The van der Waals surface area contributed by atoms with Crippen molar-refractivity contribution in [2.75, 3.05) is 0 Å². The molecule has 0 atom stereocenters. The van der Waals surface area contributed by atoms with Crippen LogP contribution in [0.4, 0.5) is 0 Å². The average molecular weight is 273 g/mol. The van der Waals surface area contributed by atoms with E-state index >= 15 is 0 Å². The quantitative estimate of drug-likeness (QED) is 0.879. The Hall–Kier alpha value is -1.62. The van der Waals surface area contributed by atoms with Gasteiger partial charge in [0.1, 0.15) is 0 Å². The van der Waals surface area contributed by atoms with E-state index < -0.39 is 0 Å². The van der Waals surface area contributed by atoms with Crippen LogP contribution in [0.5, 0.6) is 0 Å². The second-order valence-corrected chi connectivity index (χ2v) is 5.47. The molecule has 0 saturated heterocycles. The molecule has 1 fully saturated rings. The number of aromatic nitrogens is 4. The van der Waals surface area contributed by atoms with Crippen LogP contribution in [-0.4, -0.2) is 19.6 Å². The Kier molecular flexibility index (Phi) is 4.16. The van der Waals surface area contributed by atoms with Gasteiger partial charge in [-0.2, -0.15) is 10.2 Å². The molecule has 0 spiro atoms. The lowest BCUT2D eigenvalue weighted by atomic mass is 10.2. The van der Waals surface area contributed by atoms with Crippen LogP contribution in [0.2, 0.25) is 0 Å². The second kappa shape index (κ2) is 6.22. The minimum atomic E-state index is 0.612. The number of hydrogen-bond donors (Lipinski definition) is 1. The van der Waals surface area contributed by atoms with Gasteiger partial charge in [-0.05, 0) is 31.9 Å². The maximum Gasteiger partial charge on any atom is 0.0762 e. The van der Waals surface area contributed by atoms with Gasteiger partial charge in [-0.25, -0.2) is 0 Å². The van der Waals surface area contributed by atoms with Gasteiger partial charge in [-0.1, -0.05) is 12.8 Å². The molecule has 2 heterocycles. The van der Waals surface area contributed by atoms with Gasteiger partial charge in [0.05, 0.1) is 17.4 Å². The molecule has 3 rings (SSSR count). The van der Waals surface area contributed by atoms with Crippen molar-refractivity contribution in [3.8, 4) is 0 Å². The van der Waals surface area contributed by atoms with Crippen LogP contribution in [0.3, 0.4) is 0 Å². The summed E-state index contributed by atoms with van der Waals surface area (Å²) < 4.78 is 4.17. The highest BCUT2D eigenvalue weighted by Gasteiger charge is 2.19. The fourth-order valence-corrected chi connectivity index (χ4v) is 2.95. The van der Waals surface area contributed by atoms with Crippen LogP contribution in [0.25, 0.3) is 0 Å². The lowest BCUT2D eigenvalue weighted by Crippen LogP contribution is -2.18. The molecule has 0 aromatic carbocycles. The molecule has 0 unspecified atom stereocenters. The van der Waals surface area contributed by atoms with Crippen molar-refractivity contribution in [1.82, 2.24) is 24.9 Å². The topological polar surface area (TPSA) is 47.7 Å². The van der Waals surface area contributed by atoms with Crippen LogP contribution in [0, 0.1) is 0 Å². The normalized spacial score (nSPS) is 16.1. The molecular formula is C15H23N5. The minimum absolute atomic E-state index is 0.612. The molecule has 1 N–H and O–H groups in total. The summed E-state index contributed by atoms with van der Waals surface area (Å²) in [5.41, 5.74) is 2.38. The zero-order valence-electron chi connectivity index (χ0n) is 12.1. The third-order valence-electron chi connectivity index (χ3n) is 4.05. The third kappa shape index (κ3) is 2.93. The Morgan fingerprint density at radius 3 is 2.85 bits per heavy atom. The molecule has 0 bridgehead atoms. The van der Waals surface area contributed by atoms with E-state index in [1.165, 1.54) is 31.4 Å². The molecule has 0 amide bonds. The molecule has 1 aliphatic carbocycles. The number of aryl methyl sites for hydroxylation is 1. The van der Waals surface area contributed by atoms with Crippen LogP contribution >= 0.6 is 0 Å². The largest absolute Gasteiger partial charge is 0.305 e. The first kappa shape index (κ1) is 13.4. The van der Waals surface area contributed by atoms with Gasteiger partial charge in [0, 0.05) is 32.0 Å². The van der Waals surface area contributed by atoms with Crippen molar-refractivity contribution < 1.29 is 0 Å². The summed E-state index contributed by atoms with van der Waals surface area (Å²) in [6.45, 7) is 4.69. The van der Waals surface area contributed by atoms with Crippen LogP contribution < -0.4 is 5.32 Å². The smallest absolute Gasteiger partial charge is 0.0762 e. The summed E-state index contributed by atoms with van der Waals surface area (Å²) in [5, 5.41) is 12.4. The van der Waals surface area contributed by atoms with E-state index in [0.29, 0.717) is 6.04 Å². The molecule has 5 nitrogen and oxygen atoms in total. The van der Waals surface area contributed by atoms with Gasteiger partial charge >= 0.3 is 0 Å². The zero-order chi connectivity index (χ0) is 13.8. The first-order chi connectivity index (χ1) is 9.86. The van der Waals surface area contributed by atoms with E-state index in [4.69, 9.17) is 0 Å². The highest BCUT2D eigenvalue weighted by Crippen LogP contribution is 2.29. The maximum absolute atomic E-state index is 4.50. The SMILES string of the molecule is CCn1ccc(CNCc2ccnn2C2CCCC2)n1. The summed E-state index contributed by atoms with van der Waals surface area (Å²) >= 11 is 0. The Morgan fingerprint density at radius 1 is 1.25 bits per heavy atom. The number of nitrogens with zero attached hydrogens (tertiary/aromatic N) is 4. The van der Waals surface area contributed by atoms with Crippen LogP contribution in [0.1, 0.15) is 50.0 Å². The molecule has 0 aliphatic heterocycles. The Bertz CT molecular complexity index is 536. The van der Waals surface area contributed by atoms with Crippen molar-refractivity contribution >= 4 is 0 Å². The standard InChI is InChI=1S/C15H23N5/c1-2-19-10-8-13(18-19)11-16-12-15-7-9-17-20(15)14-5-3-4-6-14/h7-10,14,16H,2-6,11-12H2,1H3. The van der Waals surface area contributed by atoms with Crippen molar-refractivity contribution in [3.63, 3.8) is 0 Å². The van der Waals surface area contributed by atoms with Gasteiger partial charge in [-0.15, -0.1) is 0 Å². The van der Waals surface area contributed by atoms with E-state index in [-0.39, 0.29) is 0 Å². The van der Waals surface area contributed by atoms with Crippen molar-refractivity contribution in [2.24, 2.45) is 0 Å². The predicted octanol–water partition coefficient (Wildman–Crippen LogP) is 2.50. The maximum atomic E-state index is 4.50. The Morgan fingerprint density at radius 2 is 2.10 bits per heavy atom. The molecule has 0 radical (unpaired) electrons. The molecular weight excluding hydrogens is 250 g/mol. The first-order valence-corrected chi connectivity index (χ1v) is 7.62. The minimum Gasteiger partial charge on any atom is -0.305 e.